The number of nitrogens with one attached hydrogen (secondary N) is 1. The van der Waals surface area contributed by atoms with Crippen LogP contribution in [0.3, 0.4) is 0 Å². The van der Waals surface area contributed by atoms with Gasteiger partial charge in [-0.1, -0.05) is 10.1 Å². The normalized spacial score (nSPS) is 24.9. The molecule has 0 spiro atoms. The Bertz CT molecular complexity index is 927. The lowest BCUT2D eigenvalue weighted by molar-refractivity contribution is -0.116. The molecule has 14 heteroatoms. The molecule has 0 aromatic carbocycles. The molecule has 4 unspecified atom stereocenters. The number of hydrogen-bond donors (Lipinski definition) is 5. The second-order valence-corrected chi connectivity index (χ2v) is 6.60. The fourth-order valence-electron chi connectivity index (χ4n) is 2.77. The van der Waals surface area contributed by atoms with Gasteiger partial charge in [-0.15, -0.1) is 10.2 Å². The Hall–Kier alpha value is -2.65. The van der Waals surface area contributed by atoms with E-state index in [-0.39, 0.29) is 22.6 Å². The average molecular weight is 399 g/mol. The smallest absolute Gasteiger partial charge is 0.302 e. The number of aromatic nitrogens is 5. The van der Waals surface area contributed by atoms with Crippen LogP contribution in [0.4, 0.5) is 5.82 Å². The Kier molecular flexibility index (Phi) is 5.57. The maximum atomic E-state index is 12.7. The van der Waals surface area contributed by atoms with E-state index >= 15 is 0 Å². The fraction of sp³-hybridized carbons (Fsp3) is 0.643. The molecule has 1 aliphatic rings. The molecule has 154 valence electrons. The van der Waals surface area contributed by atoms with Gasteiger partial charge >= 0.3 is 5.56 Å². The van der Waals surface area contributed by atoms with Crippen molar-refractivity contribution in [2.75, 3.05) is 32.6 Å². The van der Waals surface area contributed by atoms with E-state index in [0.717, 1.165) is 0 Å². The number of aliphatic hydroxyl groups is 3. The monoisotopic (exact) mass is 399 g/mol. The summed E-state index contributed by atoms with van der Waals surface area (Å²) in [5, 5.41) is 52.5. The molecule has 1 aliphatic heterocycles. The molecule has 3 heterocycles. The summed E-state index contributed by atoms with van der Waals surface area (Å²) >= 11 is 0. The van der Waals surface area contributed by atoms with E-state index in [1.165, 1.54) is 0 Å². The van der Waals surface area contributed by atoms with Crippen molar-refractivity contribution >= 4 is 22.8 Å². The highest BCUT2D eigenvalue weighted by molar-refractivity contribution is 5.97. The number of fused-ring (bicyclic) bond motifs is 1. The first kappa shape index (κ1) is 20.1. The molecule has 0 aliphatic carbocycles. The zero-order chi connectivity index (χ0) is 20.6. The highest BCUT2D eigenvalue weighted by atomic mass is 16.6. The maximum absolute atomic E-state index is 12.7. The predicted molar refractivity (Wildman–Crippen MR) is 91.6 cm³/mol. The number of carbonyl (C=O) groups excluding carboxylic acids is 1. The molecule has 0 radical (unpaired) electrons. The molecule has 1 amide bonds. The van der Waals surface area contributed by atoms with Crippen molar-refractivity contribution in [1.29, 1.82) is 0 Å². The second kappa shape index (κ2) is 7.76. The van der Waals surface area contributed by atoms with Gasteiger partial charge in [0.05, 0.1) is 6.61 Å². The Morgan fingerprint density at radius 1 is 1.32 bits per heavy atom. The number of carbonyl (C=O) groups is 1. The van der Waals surface area contributed by atoms with Crippen molar-refractivity contribution in [2.45, 2.75) is 31.0 Å². The first-order valence-corrected chi connectivity index (χ1v) is 8.39. The average Bonchev–Trinajstić information content (AvgIpc) is 3.11. The molecule has 1 saturated heterocycles. The van der Waals surface area contributed by atoms with Crippen LogP contribution in [0.5, 0.6) is 0 Å². The summed E-state index contributed by atoms with van der Waals surface area (Å²) in [7, 11) is 3.60. The number of hydrogen-bond acceptors (Lipinski definition) is 11. The molecular weight excluding hydrogens is 378 g/mol. The highest BCUT2D eigenvalue weighted by Crippen LogP contribution is 2.28. The van der Waals surface area contributed by atoms with Crippen molar-refractivity contribution in [3.05, 3.63) is 10.4 Å². The molecule has 2 aromatic heterocycles. The SMILES string of the molecule is CN(C)CCC(=O)Nc1nn(O)c2c(=O)n(C3OC(CO)C(O)C3O)nnc12. The summed E-state index contributed by atoms with van der Waals surface area (Å²) in [6.07, 6.45) is -5.38. The third-order valence-electron chi connectivity index (χ3n) is 4.30. The van der Waals surface area contributed by atoms with Crippen molar-refractivity contribution < 1.29 is 30.1 Å². The number of ether oxygens (including phenoxy) is 1. The lowest BCUT2D eigenvalue weighted by Crippen LogP contribution is -2.37. The number of amides is 1. The molecule has 0 bridgehead atoms. The van der Waals surface area contributed by atoms with Gasteiger partial charge in [-0.05, 0) is 14.1 Å². The lowest BCUT2D eigenvalue weighted by Gasteiger charge is -2.15. The van der Waals surface area contributed by atoms with Crippen molar-refractivity contribution in [1.82, 2.24) is 29.8 Å². The summed E-state index contributed by atoms with van der Waals surface area (Å²) in [5.41, 5.74) is -1.49. The van der Waals surface area contributed by atoms with Crippen LogP contribution in [-0.4, -0.2) is 102 Å². The Morgan fingerprint density at radius 2 is 2.04 bits per heavy atom. The van der Waals surface area contributed by atoms with Crippen molar-refractivity contribution in [2.24, 2.45) is 0 Å². The molecule has 0 saturated carbocycles. The Balaban J connectivity index is 1.92. The van der Waals surface area contributed by atoms with Crippen LogP contribution < -0.4 is 10.9 Å². The van der Waals surface area contributed by atoms with Crippen LogP contribution in [0.2, 0.25) is 0 Å². The molecule has 14 nitrogen and oxygen atoms in total. The number of nitrogens with zero attached hydrogens (tertiary/aromatic N) is 6. The molecule has 2 aromatic rings. The lowest BCUT2D eigenvalue weighted by atomic mass is 10.1. The third-order valence-corrected chi connectivity index (χ3v) is 4.30. The van der Waals surface area contributed by atoms with Gasteiger partial charge in [-0.25, -0.2) is 0 Å². The van der Waals surface area contributed by atoms with Gasteiger partial charge in [0.25, 0.3) is 0 Å². The van der Waals surface area contributed by atoms with Gasteiger partial charge in [-0.3, -0.25) is 9.59 Å². The minimum Gasteiger partial charge on any atom is -0.411 e. The van der Waals surface area contributed by atoms with Crippen LogP contribution in [0.15, 0.2) is 4.79 Å². The first-order valence-electron chi connectivity index (χ1n) is 8.39. The summed E-state index contributed by atoms with van der Waals surface area (Å²) in [6, 6.07) is 0. The molecule has 5 N–H and O–H groups in total. The van der Waals surface area contributed by atoms with Crippen molar-refractivity contribution in [3.63, 3.8) is 0 Å². The fourth-order valence-corrected chi connectivity index (χ4v) is 2.77. The number of aliphatic hydroxyl groups excluding tert-OH is 3. The van der Waals surface area contributed by atoms with Crippen LogP contribution in [0, 0.1) is 0 Å². The van der Waals surface area contributed by atoms with Gasteiger partial charge in [0.1, 0.15) is 18.3 Å². The van der Waals surface area contributed by atoms with E-state index in [2.05, 4.69) is 20.7 Å². The zero-order valence-electron chi connectivity index (χ0n) is 15.1. The van der Waals surface area contributed by atoms with Crippen LogP contribution in [-0.2, 0) is 9.53 Å². The minimum absolute atomic E-state index is 0.153. The summed E-state index contributed by atoms with van der Waals surface area (Å²) in [6.45, 7) is -0.104. The molecule has 3 rings (SSSR count). The van der Waals surface area contributed by atoms with E-state index in [0.29, 0.717) is 11.2 Å². The quantitative estimate of drug-likeness (QED) is 0.306. The van der Waals surface area contributed by atoms with Gasteiger partial charge in [-0.2, -0.15) is 4.68 Å². The van der Waals surface area contributed by atoms with Crippen LogP contribution in [0.1, 0.15) is 12.6 Å². The molecule has 4 atom stereocenters. The standard InChI is InChI=1S/C14H21N7O7/c1-19(2)4-3-7(23)15-12-8-9(21(27)17-12)13(26)20(18-16-8)14-11(25)10(24)6(5-22)28-14/h6,10-11,14,22,24-25,27H,3-5H2,1-2H3,(H,15,17,23). The minimum atomic E-state index is -1.55. The van der Waals surface area contributed by atoms with E-state index in [9.17, 15) is 25.0 Å². The Morgan fingerprint density at radius 3 is 2.64 bits per heavy atom. The highest BCUT2D eigenvalue weighted by Gasteiger charge is 2.44. The van der Waals surface area contributed by atoms with Crippen molar-refractivity contribution in [3.8, 4) is 0 Å². The summed E-state index contributed by atoms with van der Waals surface area (Å²) in [4.78, 5) is 26.7. The van der Waals surface area contributed by atoms with Crippen LogP contribution >= 0.6 is 0 Å². The first-order chi connectivity index (χ1) is 13.2. The van der Waals surface area contributed by atoms with E-state index in [1.54, 1.807) is 14.1 Å². The Labute approximate surface area is 157 Å². The predicted octanol–water partition coefficient (Wildman–Crippen LogP) is -3.27. The van der Waals surface area contributed by atoms with E-state index in [1.807, 2.05) is 4.90 Å². The van der Waals surface area contributed by atoms with Gasteiger partial charge in [0.2, 0.25) is 5.91 Å². The molecule has 28 heavy (non-hydrogen) atoms. The van der Waals surface area contributed by atoms with E-state index in [4.69, 9.17) is 9.84 Å². The van der Waals surface area contributed by atoms with Crippen LogP contribution in [0.25, 0.3) is 11.0 Å². The van der Waals surface area contributed by atoms with Gasteiger partial charge in [0, 0.05) is 13.0 Å². The van der Waals surface area contributed by atoms with E-state index < -0.39 is 48.1 Å². The topological polar surface area (TPSA) is 188 Å². The number of anilines is 1. The maximum Gasteiger partial charge on any atom is 0.302 e. The molecular formula is C14H21N7O7. The number of rotatable bonds is 6. The van der Waals surface area contributed by atoms with Gasteiger partial charge in [0.15, 0.2) is 23.1 Å². The third kappa shape index (κ3) is 3.55. The summed E-state index contributed by atoms with van der Waals surface area (Å²) < 4.78 is 5.86. The zero-order valence-corrected chi connectivity index (χ0v) is 15.1. The summed E-state index contributed by atoms with van der Waals surface area (Å²) in [5.74, 6) is -0.553. The largest absolute Gasteiger partial charge is 0.411 e. The second-order valence-electron chi connectivity index (χ2n) is 6.60. The molecule has 1 fully saturated rings. The van der Waals surface area contributed by atoms with Gasteiger partial charge < -0.3 is 35.5 Å².